The number of aliphatic hydroxyl groups excluding tert-OH is 1. The predicted molar refractivity (Wildman–Crippen MR) is 77.3 cm³/mol. The van der Waals surface area contributed by atoms with Crippen molar-refractivity contribution in [1.29, 1.82) is 0 Å². The number of hydrogen-bond acceptors (Lipinski definition) is 2. The highest BCUT2D eigenvalue weighted by molar-refractivity contribution is 5.62. The molecule has 1 aliphatic heterocycles. The Balaban J connectivity index is 2.43. The number of aliphatic hydroxyl groups is 1. The summed E-state index contributed by atoms with van der Waals surface area (Å²) in [6, 6.07) is 4.51. The summed E-state index contributed by atoms with van der Waals surface area (Å²) < 4.78 is 0. The van der Waals surface area contributed by atoms with E-state index in [1.165, 1.54) is 22.4 Å². The molecule has 1 heterocycles. The van der Waals surface area contributed by atoms with Gasteiger partial charge in [-0.1, -0.05) is 17.7 Å². The van der Waals surface area contributed by atoms with Crippen molar-refractivity contribution in [2.24, 2.45) is 0 Å². The first-order valence-electron chi connectivity index (χ1n) is 6.85. The molecule has 1 aromatic carbocycles. The van der Waals surface area contributed by atoms with E-state index in [4.69, 9.17) is 0 Å². The van der Waals surface area contributed by atoms with Crippen LogP contribution in [-0.4, -0.2) is 23.3 Å². The van der Waals surface area contributed by atoms with E-state index in [2.05, 4.69) is 51.7 Å². The number of nitrogens with zero attached hydrogens (tertiary/aromatic N) is 1. The lowest BCUT2D eigenvalue weighted by atomic mass is 9.86. The molecule has 0 spiro atoms. The molecule has 1 aromatic rings. The van der Waals surface area contributed by atoms with Crippen LogP contribution in [0.25, 0.3) is 0 Å². The number of anilines is 1. The number of benzene rings is 1. The van der Waals surface area contributed by atoms with Gasteiger partial charge in [-0.15, -0.1) is 0 Å². The van der Waals surface area contributed by atoms with Gasteiger partial charge in [0, 0.05) is 17.8 Å². The SMILES string of the molecule is Cc1cc(C)c(N2CCC(O)CC2(C)C)c(C)c1. The molecule has 1 N–H and O–H groups in total. The molecule has 0 bridgehead atoms. The van der Waals surface area contributed by atoms with E-state index in [1.54, 1.807) is 0 Å². The Morgan fingerprint density at radius 3 is 2.22 bits per heavy atom. The second kappa shape index (κ2) is 4.58. The third-order valence-corrected chi connectivity index (χ3v) is 4.06. The normalized spacial score (nSPS) is 23.2. The minimum absolute atomic E-state index is 0.0302. The second-order valence-corrected chi connectivity index (χ2v) is 6.36. The first-order chi connectivity index (χ1) is 8.31. The first kappa shape index (κ1) is 13.4. The Hall–Kier alpha value is -1.02. The molecule has 0 amide bonds. The second-order valence-electron chi connectivity index (χ2n) is 6.36. The van der Waals surface area contributed by atoms with Gasteiger partial charge in [-0.25, -0.2) is 0 Å². The van der Waals surface area contributed by atoms with Gasteiger partial charge in [0.15, 0.2) is 0 Å². The fourth-order valence-corrected chi connectivity index (χ4v) is 3.38. The predicted octanol–water partition coefficient (Wildman–Crippen LogP) is 3.35. The standard InChI is InChI=1S/C16H25NO/c1-11-8-12(2)15(13(3)9-11)17-7-6-14(18)10-16(17,4)5/h8-9,14,18H,6-7,10H2,1-5H3. The highest BCUT2D eigenvalue weighted by Gasteiger charge is 2.35. The average Bonchev–Trinajstić information content (AvgIpc) is 2.18. The molecule has 1 saturated heterocycles. The zero-order valence-electron chi connectivity index (χ0n) is 12.2. The van der Waals surface area contributed by atoms with Crippen LogP contribution in [0.3, 0.4) is 0 Å². The molecular formula is C16H25NO. The number of rotatable bonds is 1. The Bertz CT molecular complexity index is 427. The van der Waals surface area contributed by atoms with Crippen molar-refractivity contribution in [3.63, 3.8) is 0 Å². The van der Waals surface area contributed by atoms with Crippen LogP contribution in [0.2, 0.25) is 0 Å². The zero-order chi connectivity index (χ0) is 13.5. The van der Waals surface area contributed by atoms with Crippen LogP contribution in [0.1, 0.15) is 43.4 Å². The molecule has 1 aliphatic rings. The van der Waals surface area contributed by atoms with Crippen LogP contribution in [0.15, 0.2) is 12.1 Å². The van der Waals surface area contributed by atoms with Gasteiger partial charge in [0.1, 0.15) is 0 Å². The Kier molecular flexibility index (Phi) is 3.41. The maximum Gasteiger partial charge on any atom is 0.0579 e. The van der Waals surface area contributed by atoms with Gasteiger partial charge in [-0.3, -0.25) is 0 Å². The minimum Gasteiger partial charge on any atom is -0.393 e. The van der Waals surface area contributed by atoms with Crippen molar-refractivity contribution in [2.45, 2.75) is 59.1 Å². The topological polar surface area (TPSA) is 23.5 Å². The fraction of sp³-hybridized carbons (Fsp3) is 0.625. The van der Waals surface area contributed by atoms with Crippen LogP contribution in [0.4, 0.5) is 5.69 Å². The molecule has 0 aromatic heterocycles. The van der Waals surface area contributed by atoms with Crippen LogP contribution >= 0.6 is 0 Å². The Morgan fingerprint density at radius 2 is 1.72 bits per heavy atom. The summed E-state index contributed by atoms with van der Waals surface area (Å²) >= 11 is 0. The highest BCUT2D eigenvalue weighted by atomic mass is 16.3. The van der Waals surface area contributed by atoms with E-state index in [0.717, 1.165) is 19.4 Å². The quantitative estimate of drug-likeness (QED) is 0.822. The van der Waals surface area contributed by atoms with Gasteiger partial charge >= 0.3 is 0 Å². The lowest BCUT2D eigenvalue weighted by Gasteiger charge is -2.47. The van der Waals surface area contributed by atoms with E-state index in [-0.39, 0.29) is 11.6 Å². The molecule has 0 saturated carbocycles. The van der Waals surface area contributed by atoms with Gasteiger partial charge in [0.25, 0.3) is 0 Å². The van der Waals surface area contributed by atoms with Crippen molar-refractivity contribution in [3.05, 3.63) is 28.8 Å². The average molecular weight is 247 g/mol. The van der Waals surface area contributed by atoms with Crippen LogP contribution in [0, 0.1) is 20.8 Å². The summed E-state index contributed by atoms with van der Waals surface area (Å²) in [4.78, 5) is 2.48. The van der Waals surface area contributed by atoms with Crippen LogP contribution in [-0.2, 0) is 0 Å². The minimum atomic E-state index is -0.151. The molecule has 18 heavy (non-hydrogen) atoms. The van der Waals surface area contributed by atoms with Crippen molar-refractivity contribution < 1.29 is 5.11 Å². The van der Waals surface area contributed by atoms with Crippen LogP contribution in [0.5, 0.6) is 0 Å². The van der Waals surface area contributed by atoms with Crippen molar-refractivity contribution in [1.82, 2.24) is 0 Å². The summed E-state index contributed by atoms with van der Waals surface area (Å²) in [5.74, 6) is 0. The Morgan fingerprint density at radius 1 is 1.17 bits per heavy atom. The van der Waals surface area contributed by atoms with E-state index in [9.17, 15) is 5.11 Å². The maximum absolute atomic E-state index is 9.87. The molecular weight excluding hydrogens is 222 g/mol. The van der Waals surface area contributed by atoms with Crippen molar-refractivity contribution in [2.75, 3.05) is 11.4 Å². The summed E-state index contributed by atoms with van der Waals surface area (Å²) in [6.45, 7) is 11.9. The van der Waals surface area contributed by atoms with Gasteiger partial charge < -0.3 is 10.0 Å². The van der Waals surface area contributed by atoms with E-state index < -0.39 is 0 Å². The van der Waals surface area contributed by atoms with E-state index in [0.29, 0.717) is 0 Å². The third kappa shape index (κ3) is 2.39. The molecule has 2 rings (SSSR count). The molecule has 1 fully saturated rings. The van der Waals surface area contributed by atoms with Gasteiger partial charge in [-0.2, -0.15) is 0 Å². The summed E-state index contributed by atoms with van der Waals surface area (Å²) in [6.07, 6.45) is 1.57. The molecule has 0 radical (unpaired) electrons. The first-order valence-corrected chi connectivity index (χ1v) is 6.85. The lowest BCUT2D eigenvalue weighted by Crippen LogP contribution is -2.52. The zero-order valence-corrected chi connectivity index (χ0v) is 12.2. The lowest BCUT2D eigenvalue weighted by molar-refractivity contribution is 0.107. The molecule has 1 unspecified atom stereocenters. The Labute approximate surface area is 111 Å². The van der Waals surface area contributed by atoms with E-state index >= 15 is 0 Å². The molecule has 0 aliphatic carbocycles. The van der Waals surface area contributed by atoms with E-state index in [1.807, 2.05) is 0 Å². The smallest absolute Gasteiger partial charge is 0.0579 e. The molecule has 2 nitrogen and oxygen atoms in total. The number of aryl methyl sites for hydroxylation is 3. The summed E-state index contributed by atoms with van der Waals surface area (Å²) in [5, 5.41) is 9.87. The molecule has 100 valence electrons. The van der Waals surface area contributed by atoms with Crippen molar-refractivity contribution >= 4 is 5.69 Å². The van der Waals surface area contributed by atoms with Gasteiger partial charge in [-0.05, 0) is 58.6 Å². The highest BCUT2D eigenvalue weighted by Crippen LogP contribution is 2.36. The fourth-order valence-electron chi connectivity index (χ4n) is 3.38. The third-order valence-electron chi connectivity index (χ3n) is 4.06. The summed E-state index contributed by atoms with van der Waals surface area (Å²) in [5.41, 5.74) is 5.40. The van der Waals surface area contributed by atoms with Crippen LogP contribution < -0.4 is 4.90 Å². The van der Waals surface area contributed by atoms with Gasteiger partial charge in [0.05, 0.1) is 6.10 Å². The van der Waals surface area contributed by atoms with Crippen molar-refractivity contribution in [3.8, 4) is 0 Å². The summed E-state index contributed by atoms with van der Waals surface area (Å²) in [7, 11) is 0. The monoisotopic (exact) mass is 247 g/mol. The number of hydrogen-bond donors (Lipinski definition) is 1. The maximum atomic E-state index is 9.87. The molecule has 2 heteroatoms. The number of piperidine rings is 1. The van der Waals surface area contributed by atoms with Gasteiger partial charge in [0.2, 0.25) is 0 Å². The largest absolute Gasteiger partial charge is 0.393 e. The molecule has 1 atom stereocenters.